The normalized spacial score (nSPS) is 11.6. The van der Waals surface area contributed by atoms with Crippen molar-refractivity contribution in [1.29, 1.82) is 0 Å². The molecule has 0 unspecified atom stereocenters. The monoisotopic (exact) mass is 371 g/mol. The molecule has 0 aliphatic carbocycles. The zero-order chi connectivity index (χ0) is 19.6. The zero-order valence-electron chi connectivity index (χ0n) is 16.6. The number of benzene rings is 2. The molecule has 2 aromatic rings. The number of hydrogen-bond acceptors (Lipinski definition) is 4. The molecule has 1 atom stereocenters. The van der Waals surface area contributed by atoms with Crippen molar-refractivity contribution in [2.24, 2.45) is 0 Å². The first-order chi connectivity index (χ1) is 13.1. The van der Waals surface area contributed by atoms with Crippen molar-refractivity contribution in [3.63, 3.8) is 0 Å². The smallest absolute Gasteiger partial charge is 0.220 e. The third-order valence-corrected chi connectivity index (χ3v) is 4.44. The van der Waals surface area contributed by atoms with Crippen molar-refractivity contribution in [2.45, 2.75) is 39.2 Å². The summed E-state index contributed by atoms with van der Waals surface area (Å²) in [5.74, 6) is 2.46. The van der Waals surface area contributed by atoms with Crippen LogP contribution in [0.3, 0.4) is 0 Å². The lowest BCUT2D eigenvalue weighted by Gasteiger charge is -2.19. The van der Waals surface area contributed by atoms with Gasteiger partial charge in [0.05, 0.1) is 26.9 Å². The summed E-state index contributed by atoms with van der Waals surface area (Å²) in [5, 5.41) is 3.11. The van der Waals surface area contributed by atoms with Crippen molar-refractivity contribution in [1.82, 2.24) is 5.32 Å². The summed E-state index contributed by atoms with van der Waals surface area (Å²) in [7, 11) is 3.29. The molecule has 0 heterocycles. The van der Waals surface area contributed by atoms with Gasteiger partial charge in [-0.15, -0.1) is 0 Å². The summed E-state index contributed by atoms with van der Waals surface area (Å²) in [6.45, 7) is 4.57. The fourth-order valence-corrected chi connectivity index (χ4v) is 2.90. The number of carbonyl (C=O) groups excluding carboxylic acids is 1. The van der Waals surface area contributed by atoms with Gasteiger partial charge in [-0.1, -0.05) is 19.1 Å². The van der Waals surface area contributed by atoms with Crippen LogP contribution in [-0.2, 0) is 4.79 Å². The first-order valence-electron chi connectivity index (χ1n) is 9.28. The molecule has 0 aromatic heterocycles. The van der Waals surface area contributed by atoms with E-state index in [-0.39, 0.29) is 11.9 Å². The minimum atomic E-state index is 0.00427. The van der Waals surface area contributed by atoms with E-state index in [1.165, 1.54) is 0 Å². The lowest BCUT2D eigenvalue weighted by molar-refractivity contribution is -0.122. The third kappa shape index (κ3) is 6.20. The highest BCUT2D eigenvalue weighted by Gasteiger charge is 2.14. The molecule has 0 saturated heterocycles. The number of carbonyl (C=O) groups is 1. The van der Waals surface area contributed by atoms with Gasteiger partial charge >= 0.3 is 0 Å². The zero-order valence-corrected chi connectivity index (χ0v) is 16.6. The lowest BCUT2D eigenvalue weighted by atomic mass is 10.0. The molecule has 5 nitrogen and oxygen atoms in total. The third-order valence-electron chi connectivity index (χ3n) is 4.44. The Morgan fingerprint density at radius 1 is 1.04 bits per heavy atom. The quantitative estimate of drug-likeness (QED) is 0.628. The van der Waals surface area contributed by atoms with Crippen molar-refractivity contribution < 1.29 is 19.0 Å². The van der Waals surface area contributed by atoms with E-state index >= 15 is 0 Å². The predicted molar refractivity (Wildman–Crippen MR) is 107 cm³/mol. The van der Waals surface area contributed by atoms with Gasteiger partial charge in [-0.2, -0.15) is 0 Å². The molecular formula is C22H29NO4. The summed E-state index contributed by atoms with van der Waals surface area (Å²) < 4.78 is 16.1. The van der Waals surface area contributed by atoms with Gasteiger partial charge in [0, 0.05) is 6.42 Å². The van der Waals surface area contributed by atoms with Crippen LogP contribution in [0.2, 0.25) is 0 Å². The fourth-order valence-electron chi connectivity index (χ4n) is 2.90. The second-order valence-corrected chi connectivity index (χ2v) is 6.38. The molecule has 1 N–H and O–H groups in total. The number of methoxy groups -OCH3 is 2. The molecule has 0 aliphatic heterocycles. The van der Waals surface area contributed by atoms with Crippen LogP contribution in [-0.4, -0.2) is 26.7 Å². The Kier molecular flexibility index (Phi) is 7.99. The summed E-state index contributed by atoms with van der Waals surface area (Å²) >= 11 is 0. The number of amides is 1. The van der Waals surface area contributed by atoms with E-state index < -0.39 is 0 Å². The Hall–Kier alpha value is -2.69. The van der Waals surface area contributed by atoms with Gasteiger partial charge in [0.1, 0.15) is 17.2 Å². The molecule has 2 rings (SSSR count). The fraction of sp³-hybridized carbons (Fsp3) is 0.409. The van der Waals surface area contributed by atoms with E-state index in [0.29, 0.717) is 19.4 Å². The molecule has 0 bridgehead atoms. The first kappa shape index (κ1) is 20.6. The number of ether oxygens (including phenoxy) is 3. The molecule has 0 saturated carbocycles. The van der Waals surface area contributed by atoms with Gasteiger partial charge < -0.3 is 19.5 Å². The van der Waals surface area contributed by atoms with Crippen LogP contribution in [0.5, 0.6) is 17.2 Å². The van der Waals surface area contributed by atoms with Crippen LogP contribution in [0.15, 0.2) is 42.5 Å². The summed E-state index contributed by atoms with van der Waals surface area (Å²) in [6.07, 6.45) is 1.93. The average Bonchev–Trinajstić information content (AvgIpc) is 2.69. The van der Waals surface area contributed by atoms with Crippen LogP contribution in [0.4, 0.5) is 0 Å². The van der Waals surface area contributed by atoms with Crippen LogP contribution in [0, 0.1) is 6.92 Å². The highest BCUT2D eigenvalue weighted by atomic mass is 16.5. The molecule has 5 heteroatoms. The standard InChI is InChI=1S/C22H29NO4/c1-5-20(17-8-13-21(26-4)16(2)15-17)23-22(24)7-6-14-27-19-11-9-18(25-3)10-12-19/h8-13,15,20H,5-7,14H2,1-4H3,(H,23,24)/t20-/m0/s1. The summed E-state index contributed by atoms with van der Waals surface area (Å²) in [4.78, 5) is 12.3. The highest BCUT2D eigenvalue weighted by molar-refractivity contribution is 5.76. The maximum atomic E-state index is 12.3. The molecule has 0 spiro atoms. The van der Waals surface area contributed by atoms with Crippen LogP contribution in [0.25, 0.3) is 0 Å². The van der Waals surface area contributed by atoms with Crippen molar-refractivity contribution in [2.75, 3.05) is 20.8 Å². The SMILES string of the molecule is CC[C@H](NC(=O)CCCOc1ccc(OC)cc1)c1ccc(OC)c(C)c1. The second kappa shape index (κ2) is 10.5. The highest BCUT2D eigenvalue weighted by Crippen LogP contribution is 2.24. The van der Waals surface area contributed by atoms with Gasteiger partial charge in [0.2, 0.25) is 5.91 Å². The van der Waals surface area contributed by atoms with Crippen molar-refractivity contribution >= 4 is 5.91 Å². The predicted octanol–water partition coefficient (Wildman–Crippen LogP) is 4.44. The van der Waals surface area contributed by atoms with Crippen molar-refractivity contribution in [3.05, 3.63) is 53.6 Å². The number of nitrogens with one attached hydrogen (secondary N) is 1. The molecular weight excluding hydrogens is 342 g/mol. The Balaban J connectivity index is 1.78. The second-order valence-electron chi connectivity index (χ2n) is 6.38. The lowest BCUT2D eigenvalue weighted by Crippen LogP contribution is -2.28. The largest absolute Gasteiger partial charge is 0.497 e. The Labute approximate surface area is 161 Å². The van der Waals surface area contributed by atoms with Gasteiger partial charge in [-0.3, -0.25) is 4.79 Å². The van der Waals surface area contributed by atoms with E-state index in [1.807, 2.05) is 43.3 Å². The van der Waals surface area contributed by atoms with Crippen molar-refractivity contribution in [3.8, 4) is 17.2 Å². The Bertz CT molecular complexity index is 728. The van der Waals surface area contributed by atoms with Gasteiger partial charge in [0.15, 0.2) is 0 Å². The molecule has 2 aromatic carbocycles. The van der Waals surface area contributed by atoms with Gasteiger partial charge in [0.25, 0.3) is 0 Å². The Morgan fingerprint density at radius 2 is 1.74 bits per heavy atom. The summed E-state index contributed by atoms with van der Waals surface area (Å²) in [5.41, 5.74) is 2.16. The number of aryl methyl sites for hydroxylation is 1. The maximum Gasteiger partial charge on any atom is 0.220 e. The van der Waals surface area contributed by atoms with Crippen LogP contribution < -0.4 is 19.5 Å². The molecule has 146 valence electrons. The van der Waals surface area contributed by atoms with Gasteiger partial charge in [-0.05, 0) is 61.2 Å². The van der Waals surface area contributed by atoms with E-state index in [1.54, 1.807) is 14.2 Å². The molecule has 27 heavy (non-hydrogen) atoms. The van der Waals surface area contributed by atoms with E-state index in [0.717, 1.165) is 34.8 Å². The minimum absolute atomic E-state index is 0.00427. The molecule has 0 aliphatic rings. The minimum Gasteiger partial charge on any atom is -0.497 e. The Morgan fingerprint density at radius 3 is 2.33 bits per heavy atom. The van der Waals surface area contributed by atoms with E-state index in [9.17, 15) is 4.79 Å². The topological polar surface area (TPSA) is 56.8 Å². The maximum absolute atomic E-state index is 12.3. The number of hydrogen-bond donors (Lipinski definition) is 1. The molecule has 1 amide bonds. The first-order valence-corrected chi connectivity index (χ1v) is 9.28. The van der Waals surface area contributed by atoms with E-state index in [2.05, 4.69) is 18.3 Å². The average molecular weight is 371 g/mol. The molecule has 0 fully saturated rings. The van der Waals surface area contributed by atoms with E-state index in [4.69, 9.17) is 14.2 Å². The summed E-state index contributed by atoms with van der Waals surface area (Å²) in [6, 6.07) is 13.4. The van der Waals surface area contributed by atoms with Crippen LogP contribution >= 0.6 is 0 Å². The number of rotatable bonds is 10. The molecule has 0 radical (unpaired) electrons. The van der Waals surface area contributed by atoms with Gasteiger partial charge in [-0.25, -0.2) is 0 Å². The van der Waals surface area contributed by atoms with Crippen LogP contribution in [0.1, 0.15) is 43.4 Å².